The topological polar surface area (TPSA) is 80.5 Å². The van der Waals surface area contributed by atoms with Gasteiger partial charge in [-0.25, -0.2) is 0 Å². The summed E-state index contributed by atoms with van der Waals surface area (Å²) >= 11 is 0. The fraction of sp³-hybridized carbons (Fsp3) is 0.348. The summed E-state index contributed by atoms with van der Waals surface area (Å²) in [7, 11) is 1.63. The average molecular weight is 406 g/mol. The molecule has 1 saturated heterocycles. The molecule has 1 aromatic heterocycles. The van der Waals surface area contributed by atoms with Crippen LogP contribution in [0.1, 0.15) is 24.0 Å². The third-order valence-electron chi connectivity index (χ3n) is 5.41. The highest BCUT2D eigenvalue weighted by atomic mass is 16.5. The Balaban J connectivity index is 1.37. The summed E-state index contributed by atoms with van der Waals surface area (Å²) in [5, 5.41) is 7.16. The summed E-state index contributed by atoms with van der Waals surface area (Å²) in [4.78, 5) is 19.2. The zero-order valence-electron chi connectivity index (χ0n) is 17.3. The molecule has 0 bridgehead atoms. The molecule has 7 nitrogen and oxygen atoms in total. The first-order chi connectivity index (χ1) is 14.6. The Bertz CT molecular complexity index is 982. The number of carbonyl (C=O) groups excluding carboxylic acids is 1. The molecule has 0 spiro atoms. The molecule has 1 aliphatic heterocycles. The first-order valence-corrected chi connectivity index (χ1v) is 10.2. The molecule has 0 radical (unpaired) electrons. The van der Waals surface area contributed by atoms with Crippen molar-refractivity contribution in [2.45, 2.75) is 26.3 Å². The summed E-state index contributed by atoms with van der Waals surface area (Å²) in [6, 6.07) is 16.2. The second-order valence-corrected chi connectivity index (χ2v) is 7.62. The molecule has 156 valence electrons. The molecule has 1 fully saturated rings. The van der Waals surface area contributed by atoms with Crippen LogP contribution in [0.2, 0.25) is 0 Å². The number of ether oxygens (including phenoxy) is 1. The van der Waals surface area contributed by atoms with E-state index in [1.165, 1.54) is 5.56 Å². The fourth-order valence-electron chi connectivity index (χ4n) is 3.61. The first-order valence-electron chi connectivity index (χ1n) is 10.2. The molecule has 1 amide bonds. The van der Waals surface area contributed by atoms with Crippen molar-refractivity contribution >= 4 is 11.9 Å². The lowest BCUT2D eigenvalue weighted by molar-refractivity contribution is -0.125. The van der Waals surface area contributed by atoms with Crippen molar-refractivity contribution < 1.29 is 14.1 Å². The van der Waals surface area contributed by atoms with Crippen LogP contribution in [0.15, 0.2) is 53.1 Å². The van der Waals surface area contributed by atoms with Crippen molar-refractivity contribution in [2.75, 3.05) is 25.1 Å². The van der Waals surface area contributed by atoms with E-state index in [-0.39, 0.29) is 11.8 Å². The smallest absolute Gasteiger partial charge is 0.324 e. The van der Waals surface area contributed by atoms with Gasteiger partial charge < -0.3 is 19.5 Å². The van der Waals surface area contributed by atoms with Crippen LogP contribution in [0.4, 0.5) is 6.01 Å². The fourth-order valence-corrected chi connectivity index (χ4v) is 3.61. The van der Waals surface area contributed by atoms with E-state index in [1.807, 2.05) is 41.3 Å². The molecule has 0 saturated carbocycles. The molecule has 7 heteroatoms. The number of benzene rings is 2. The van der Waals surface area contributed by atoms with Gasteiger partial charge in [-0.3, -0.25) is 4.79 Å². The first kappa shape index (κ1) is 19.9. The van der Waals surface area contributed by atoms with E-state index in [9.17, 15) is 4.79 Å². The highest BCUT2D eigenvalue weighted by Gasteiger charge is 2.28. The standard InChI is InChI=1S/C23H26N4O3/c1-16-5-7-17(8-6-16)14-24-22(28)19-4-3-13-27(15-19)23-25-21(26-30-23)18-9-11-20(29-2)12-10-18/h5-12,19H,3-4,13-15H2,1-2H3,(H,24,28)/t19-/m0/s1. The van der Waals surface area contributed by atoms with Crippen molar-refractivity contribution in [3.63, 3.8) is 0 Å². The molecule has 30 heavy (non-hydrogen) atoms. The van der Waals surface area contributed by atoms with Crippen molar-refractivity contribution in [2.24, 2.45) is 5.92 Å². The number of amides is 1. The van der Waals surface area contributed by atoms with Gasteiger partial charge in [-0.2, -0.15) is 4.98 Å². The van der Waals surface area contributed by atoms with Crippen LogP contribution in [-0.2, 0) is 11.3 Å². The number of hydrogen-bond acceptors (Lipinski definition) is 6. The Morgan fingerprint density at radius 3 is 2.70 bits per heavy atom. The number of aromatic nitrogens is 2. The minimum atomic E-state index is -0.0967. The van der Waals surface area contributed by atoms with E-state index < -0.39 is 0 Å². The molecule has 4 rings (SSSR count). The normalized spacial score (nSPS) is 16.3. The second-order valence-electron chi connectivity index (χ2n) is 7.62. The van der Waals surface area contributed by atoms with E-state index in [4.69, 9.17) is 9.26 Å². The van der Waals surface area contributed by atoms with Crippen LogP contribution in [0.25, 0.3) is 11.4 Å². The van der Waals surface area contributed by atoms with Gasteiger partial charge in [0, 0.05) is 25.2 Å². The Morgan fingerprint density at radius 1 is 1.20 bits per heavy atom. The van der Waals surface area contributed by atoms with Crippen LogP contribution in [0, 0.1) is 12.8 Å². The third kappa shape index (κ3) is 4.62. The van der Waals surface area contributed by atoms with Crippen LogP contribution < -0.4 is 15.0 Å². The minimum Gasteiger partial charge on any atom is -0.497 e. The van der Waals surface area contributed by atoms with Crippen molar-refractivity contribution in [1.29, 1.82) is 0 Å². The molecule has 0 unspecified atom stereocenters. The Hall–Kier alpha value is -3.35. The predicted octanol–water partition coefficient (Wildman–Crippen LogP) is 3.59. The van der Waals surface area contributed by atoms with Crippen molar-refractivity contribution in [1.82, 2.24) is 15.5 Å². The predicted molar refractivity (Wildman–Crippen MR) is 114 cm³/mol. The van der Waals surface area contributed by atoms with E-state index in [0.29, 0.717) is 24.9 Å². The van der Waals surface area contributed by atoms with Gasteiger partial charge in [0.05, 0.1) is 13.0 Å². The van der Waals surface area contributed by atoms with Gasteiger partial charge in [0.25, 0.3) is 0 Å². The zero-order chi connectivity index (χ0) is 20.9. The number of nitrogens with one attached hydrogen (secondary N) is 1. The molecule has 0 aliphatic carbocycles. The maximum Gasteiger partial charge on any atom is 0.324 e. The van der Waals surface area contributed by atoms with Gasteiger partial charge in [-0.05, 0) is 49.6 Å². The highest BCUT2D eigenvalue weighted by Crippen LogP contribution is 2.26. The molecule has 2 aromatic carbocycles. The summed E-state index contributed by atoms with van der Waals surface area (Å²) < 4.78 is 10.7. The van der Waals surface area contributed by atoms with Crippen LogP contribution in [0.5, 0.6) is 5.75 Å². The number of nitrogens with zero attached hydrogens (tertiary/aromatic N) is 3. The molecule has 1 N–H and O–H groups in total. The SMILES string of the molecule is COc1ccc(-c2noc(N3CCC[C@H](C(=O)NCc4ccc(C)cc4)C3)n2)cc1. The average Bonchev–Trinajstić information content (AvgIpc) is 3.29. The Kier molecular flexibility index (Phi) is 5.97. The maximum absolute atomic E-state index is 12.7. The third-order valence-corrected chi connectivity index (χ3v) is 5.41. The van der Waals surface area contributed by atoms with Gasteiger partial charge in [0.2, 0.25) is 11.7 Å². The summed E-state index contributed by atoms with van der Waals surface area (Å²) in [6.07, 6.45) is 1.76. The van der Waals surface area contributed by atoms with E-state index in [1.54, 1.807) is 7.11 Å². The summed E-state index contributed by atoms with van der Waals surface area (Å²) in [5.41, 5.74) is 3.17. The largest absolute Gasteiger partial charge is 0.497 e. The molecular formula is C23H26N4O3. The lowest BCUT2D eigenvalue weighted by Gasteiger charge is -2.30. The number of piperidine rings is 1. The maximum atomic E-state index is 12.7. The van der Waals surface area contributed by atoms with E-state index in [2.05, 4.69) is 34.5 Å². The van der Waals surface area contributed by atoms with E-state index in [0.717, 1.165) is 36.3 Å². The van der Waals surface area contributed by atoms with Crippen LogP contribution >= 0.6 is 0 Å². The Labute approximate surface area is 176 Å². The van der Waals surface area contributed by atoms with Crippen LogP contribution in [0.3, 0.4) is 0 Å². The summed E-state index contributed by atoms with van der Waals surface area (Å²) in [6.45, 7) is 3.96. The molecule has 1 aliphatic rings. The lowest BCUT2D eigenvalue weighted by Crippen LogP contribution is -2.43. The van der Waals surface area contributed by atoms with Gasteiger partial charge in [0.15, 0.2) is 0 Å². The number of methoxy groups -OCH3 is 1. The lowest BCUT2D eigenvalue weighted by atomic mass is 9.97. The minimum absolute atomic E-state index is 0.0650. The second kappa shape index (κ2) is 8.98. The molecule has 3 aromatic rings. The zero-order valence-corrected chi connectivity index (χ0v) is 17.3. The quantitative estimate of drug-likeness (QED) is 0.674. The van der Waals surface area contributed by atoms with Gasteiger partial charge in [-0.15, -0.1) is 0 Å². The highest BCUT2D eigenvalue weighted by molar-refractivity contribution is 5.79. The number of anilines is 1. The van der Waals surface area contributed by atoms with Gasteiger partial charge in [-0.1, -0.05) is 35.0 Å². The number of rotatable bonds is 6. The van der Waals surface area contributed by atoms with Gasteiger partial charge in [0.1, 0.15) is 5.75 Å². The van der Waals surface area contributed by atoms with Crippen molar-refractivity contribution in [3.05, 3.63) is 59.7 Å². The number of aryl methyl sites for hydroxylation is 1. The van der Waals surface area contributed by atoms with Crippen molar-refractivity contribution in [3.8, 4) is 17.1 Å². The van der Waals surface area contributed by atoms with Gasteiger partial charge >= 0.3 is 6.01 Å². The van der Waals surface area contributed by atoms with E-state index >= 15 is 0 Å². The number of hydrogen-bond donors (Lipinski definition) is 1. The van der Waals surface area contributed by atoms with Crippen LogP contribution in [-0.4, -0.2) is 36.2 Å². The molecule has 1 atom stereocenters. The Morgan fingerprint density at radius 2 is 1.97 bits per heavy atom. The monoisotopic (exact) mass is 406 g/mol. The summed E-state index contributed by atoms with van der Waals surface area (Å²) in [5.74, 6) is 1.27. The molecular weight excluding hydrogens is 380 g/mol. The molecule has 2 heterocycles. The number of carbonyl (C=O) groups is 1.